The van der Waals surface area contributed by atoms with Gasteiger partial charge in [0.25, 0.3) is 0 Å². The lowest BCUT2D eigenvalue weighted by Crippen LogP contribution is -1.95. The quantitative estimate of drug-likeness (QED) is 0.699. The average molecular weight is 249 g/mol. The molecule has 3 heterocycles. The first-order valence-corrected chi connectivity index (χ1v) is 5.43. The number of aromatic nitrogens is 2. The van der Waals surface area contributed by atoms with Gasteiger partial charge < -0.3 is 9.15 Å². The fourth-order valence-electron chi connectivity index (χ4n) is 1.79. The van der Waals surface area contributed by atoms with E-state index in [0.29, 0.717) is 22.7 Å². The number of imidazole rings is 1. The van der Waals surface area contributed by atoms with Gasteiger partial charge in [-0.05, 0) is 35.9 Å². The predicted octanol–water partition coefficient (Wildman–Crippen LogP) is 3.26. The molecule has 0 saturated heterocycles. The van der Waals surface area contributed by atoms with Gasteiger partial charge in [-0.25, -0.2) is 4.98 Å². The SMILES string of the molecule is COc1cccc2cnc(-c3ccc(Cl)o3)n12. The third-order valence-corrected chi connectivity index (χ3v) is 2.72. The second kappa shape index (κ2) is 3.82. The van der Waals surface area contributed by atoms with E-state index in [1.165, 1.54) is 0 Å². The highest BCUT2D eigenvalue weighted by Gasteiger charge is 2.13. The van der Waals surface area contributed by atoms with Crippen LogP contribution < -0.4 is 4.74 Å². The Morgan fingerprint density at radius 1 is 1.29 bits per heavy atom. The molecule has 0 N–H and O–H groups in total. The van der Waals surface area contributed by atoms with Crippen LogP contribution >= 0.6 is 11.6 Å². The molecule has 0 fully saturated rings. The molecular formula is C12H9ClN2O2. The van der Waals surface area contributed by atoms with Crippen molar-refractivity contribution in [3.05, 3.63) is 41.7 Å². The maximum Gasteiger partial charge on any atom is 0.199 e. The van der Waals surface area contributed by atoms with Gasteiger partial charge in [-0.2, -0.15) is 0 Å². The average Bonchev–Trinajstić information content (AvgIpc) is 2.94. The minimum absolute atomic E-state index is 0.339. The molecule has 0 spiro atoms. The number of ether oxygens (including phenoxy) is 1. The van der Waals surface area contributed by atoms with Gasteiger partial charge >= 0.3 is 0 Å². The summed E-state index contributed by atoms with van der Waals surface area (Å²) in [5, 5.41) is 0.339. The molecule has 0 unspecified atom stereocenters. The largest absolute Gasteiger partial charge is 0.482 e. The lowest BCUT2D eigenvalue weighted by molar-refractivity contribution is 0.392. The minimum Gasteiger partial charge on any atom is -0.482 e. The van der Waals surface area contributed by atoms with Crippen molar-refractivity contribution in [3.63, 3.8) is 0 Å². The van der Waals surface area contributed by atoms with Gasteiger partial charge in [0.2, 0.25) is 0 Å². The second-order valence-corrected chi connectivity index (χ2v) is 3.89. The van der Waals surface area contributed by atoms with E-state index in [-0.39, 0.29) is 0 Å². The molecule has 3 aromatic rings. The van der Waals surface area contributed by atoms with Crippen molar-refractivity contribution >= 4 is 17.1 Å². The van der Waals surface area contributed by atoms with E-state index >= 15 is 0 Å². The molecule has 4 nitrogen and oxygen atoms in total. The van der Waals surface area contributed by atoms with Crippen molar-refractivity contribution in [2.45, 2.75) is 0 Å². The van der Waals surface area contributed by atoms with E-state index in [4.69, 9.17) is 20.8 Å². The fourth-order valence-corrected chi connectivity index (χ4v) is 1.93. The van der Waals surface area contributed by atoms with E-state index in [2.05, 4.69) is 4.98 Å². The molecule has 5 heteroatoms. The zero-order chi connectivity index (χ0) is 11.8. The summed E-state index contributed by atoms with van der Waals surface area (Å²) in [7, 11) is 1.62. The minimum atomic E-state index is 0.339. The summed E-state index contributed by atoms with van der Waals surface area (Å²) in [5.74, 6) is 1.98. The molecule has 0 aliphatic carbocycles. The number of hydrogen-bond acceptors (Lipinski definition) is 3. The summed E-state index contributed by atoms with van der Waals surface area (Å²) in [6.45, 7) is 0. The Morgan fingerprint density at radius 2 is 2.18 bits per heavy atom. The lowest BCUT2D eigenvalue weighted by Gasteiger charge is -2.05. The van der Waals surface area contributed by atoms with Crippen molar-refractivity contribution in [3.8, 4) is 17.5 Å². The van der Waals surface area contributed by atoms with Crippen LogP contribution in [0, 0.1) is 0 Å². The highest BCUT2D eigenvalue weighted by molar-refractivity contribution is 6.28. The number of rotatable bonds is 2. The topological polar surface area (TPSA) is 39.7 Å². The van der Waals surface area contributed by atoms with Crippen LogP contribution in [0.15, 0.2) is 40.9 Å². The van der Waals surface area contributed by atoms with Gasteiger partial charge in [-0.15, -0.1) is 0 Å². The Balaban J connectivity index is 2.30. The Labute approximate surface area is 102 Å². The van der Waals surface area contributed by atoms with Crippen molar-refractivity contribution in [1.29, 1.82) is 0 Å². The molecule has 0 aliphatic heterocycles. The van der Waals surface area contributed by atoms with Crippen LogP contribution in [0.2, 0.25) is 5.22 Å². The highest BCUT2D eigenvalue weighted by Crippen LogP contribution is 2.27. The van der Waals surface area contributed by atoms with Crippen LogP contribution in [0.4, 0.5) is 0 Å². The zero-order valence-electron chi connectivity index (χ0n) is 9.05. The van der Waals surface area contributed by atoms with Crippen molar-refractivity contribution in [1.82, 2.24) is 9.38 Å². The molecule has 0 bridgehead atoms. The summed E-state index contributed by atoms with van der Waals surface area (Å²) >= 11 is 5.77. The number of halogens is 1. The first kappa shape index (κ1) is 10.2. The number of nitrogens with zero attached hydrogens (tertiary/aromatic N) is 2. The van der Waals surface area contributed by atoms with E-state index in [1.807, 2.05) is 22.6 Å². The summed E-state index contributed by atoms with van der Waals surface area (Å²) in [5.41, 5.74) is 0.937. The molecule has 0 saturated carbocycles. The Bertz CT molecular complexity index is 672. The molecule has 0 radical (unpaired) electrons. The summed E-state index contributed by atoms with van der Waals surface area (Å²) in [6, 6.07) is 9.19. The molecule has 0 aromatic carbocycles. The molecule has 17 heavy (non-hydrogen) atoms. The Kier molecular flexibility index (Phi) is 2.30. The maximum absolute atomic E-state index is 5.77. The van der Waals surface area contributed by atoms with Gasteiger partial charge in [0.15, 0.2) is 22.7 Å². The van der Waals surface area contributed by atoms with Gasteiger partial charge in [0.1, 0.15) is 0 Å². The zero-order valence-corrected chi connectivity index (χ0v) is 9.81. The van der Waals surface area contributed by atoms with E-state index in [1.54, 1.807) is 25.4 Å². The van der Waals surface area contributed by atoms with Crippen LogP contribution in [0.5, 0.6) is 5.88 Å². The number of pyridine rings is 1. The maximum atomic E-state index is 5.77. The first-order valence-electron chi connectivity index (χ1n) is 5.06. The third kappa shape index (κ3) is 1.57. The Hall–Kier alpha value is -1.94. The van der Waals surface area contributed by atoms with Crippen molar-refractivity contribution in [2.24, 2.45) is 0 Å². The number of hydrogen-bond donors (Lipinski definition) is 0. The van der Waals surface area contributed by atoms with Crippen molar-refractivity contribution < 1.29 is 9.15 Å². The summed E-state index contributed by atoms with van der Waals surface area (Å²) < 4.78 is 12.5. The molecule has 0 atom stereocenters. The normalized spacial score (nSPS) is 10.9. The molecule has 3 rings (SSSR count). The molecular weight excluding hydrogens is 240 g/mol. The second-order valence-electron chi connectivity index (χ2n) is 3.51. The monoisotopic (exact) mass is 248 g/mol. The van der Waals surface area contributed by atoms with E-state index < -0.39 is 0 Å². The van der Waals surface area contributed by atoms with Crippen LogP contribution in [0.1, 0.15) is 0 Å². The smallest absolute Gasteiger partial charge is 0.199 e. The summed E-state index contributed by atoms with van der Waals surface area (Å²) in [4.78, 5) is 4.32. The molecule has 0 amide bonds. The molecule has 3 aromatic heterocycles. The summed E-state index contributed by atoms with van der Waals surface area (Å²) in [6.07, 6.45) is 1.76. The first-order chi connectivity index (χ1) is 8.29. The lowest BCUT2D eigenvalue weighted by atomic mass is 10.4. The van der Waals surface area contributed by atoms with Gasteiger partial charge in [0.05, 0.1) is 18.8 Å². The van der Waals surface area contributed by atoms with Crippen molar-refractivity contribution in [2.75, 3.05) is 7.11 Å². The fraction of sp³-hybridized carbons (Fsp3) is 0.0833. The van der Waals surface area contributed by atoms with Crippen LogP contribution in [0.25, 0.3) is 17.1 Å². The van der Waals surface area contributed by atoms with Crippen LogP contribution in [0.3, 0.4) is 0 Å². The van der Waals surface area contributed by atoms with Crippen LogP contribution in [-0.4, -0.2) is 16.5 Å². The van der Waals surface area contributed by atoms with Crippen LogP contribution in [-0.2, 0) is 0 Å². The van der Waals surface area contributed by atoms with Gasteiger partial charge in [-0.1, -0.05) is 6.07 Å². The van der Waals surface area contributed by atoms with E-state index in [0.717, 1.165) is 5.52 Å². The molecule has 0 aliphatic rings. The van der Waals surface area contributed by atoms with Gasteiger partial charge in [0, 0.05) is 0 Å². The predicted molar refractivity (Wildman–Crippen MR) is 64.5 cm³/mol. The molecule has 86 valence electrons. The Morgan fingerprint density at radius 3 is 2.88 bits per heavy atom. The number of fused-ring (bicyclic) bond motifs is 1. The number of methoxy groups -OCH3 is 1. The number of furan rings is 1. The van der Waals surface area contributed by atoms with E-state index in [9.17, 15) is 0 Å². The standard InChI is InChI=1S/C12H9ClN2O2/c1-16-11-4-2-3-8-7-14-12(15(8)11)9-5-6-10(13)17-9/h2-7H,1H3. The van der Waals surface area contributed by atoms with Gasteiger partial charge in [-0.3, -0.25) is 4.40 Å². The highest BCUT2D eigenvalue weighted by atomic mass is 35.5. The third-order valence-electron chi connectivity index (χ3n) is 2.52.